The van der Waals surface area contributed by atoms with Gasteiger partial charge in [0, 0.05) is 0 Å². The molecular formula is C16H22O6S. The number of benzene rings is 1. The van der Waals surface area contributed by atoms with Crippen LogP contribution in [0.2, 0.25) is 0 Å². The molecule has 0 aliphatic heterocycles. The highest BCUT2D eigenvalue weighted by Crippen LogP contribution is 2.13. The van der Waals surface area contributed by atoms with E-state index in [1.165, 1.54) is 12.1 Å². The van der Waals surface area contributed by atoms with Gasteiger partial charge in [0.25, 0.3) is 0 Å². The number of rotatable bonds is 6. The van der Waals surface area contributed by atoms with Crippen molar-refractivity contribution in [2.75, 3.05) is 12.4 Å². The summed E-state index contributed by atoms with van der Waals surface area (Å²) >= 11 is 0. The summed E-state index contributed by atoms with van der Waals surface area (Å²) in [6.45, 7) is 6.41. The highest BCUT2D eigenvalue weighted by Gasteiger charge is 2.20. The van der Waals surface area contributed by atoms with Crippen LogP contribution < -0.4 is 0 Å². The van der Waals surface area contributed by atoms with Crippen LogP contribution in [0.5, 0.6) is 0 Å². The minimum absolute atomic E-state index is 0.156. The van der Waals surface area contributed by atoms with Crippen LogP contribution in [0, 0.1) is 6.92 Å². The zero-order valence-electron chi connectivity index (χ0n) is 13.8. The van der Waals surface area contributed by atoms with E-state index >= 15 is 0 Å². The number of hydrogen-bond donors (Lipinski definition) is 0. The van der Waals surface area contributed by atoms with Gasteiger partial charge >= 0.3 is 11.9 Å². The second-order valence-electron chi connectivity index (χ2n) is 6.13. The fourth-order valence-electron chi connectivity index (χ4n) is 1.66. The summed E-state index contributed by atoms with van der Waals surface area (Å²) in [5.41, 5.74) is 0.277. The molecule has 0 spiro atoms. The standard InChI is InChI=1S/C16H22O6S/c1-12-5-7-13(8-6-12)23(19,20)10-9-14(17)21-11-15(18)22-16(2,3)4/h5-8H,9-11H2,1-4H3. The molecule has 0 radical (unpaired) electrons. The van der Waals surface area contributed by atoms with Crippen molar-refractivity contribution in [1.29, 1.82) is 0 Å². The van der Waals surface area contributed by atoms with Crippen LogP contribution in [-0.4, -0.2) is 38.3 Å². The lowest BCUT2D eigenvalue weighted by atomic mass is 10.2. The molecule has 0 heterocycles. The van der Waals surface area contributed by atoms with Gasteiger partial charge in [0.2, 0.25) is 0 Å². The quantitative estimate of drug-likeness (QED) is 0.735. The topological polar surface area (TPSA) is 86.7 Å². The van der Waals surface area contributed by atoms with Crippen LogP contribution in [0.25, 0.3) is 0 Å². The molecule has 0 fully saturated rings. The molecule has 0 saturated heterocycles. The first-order valence-corrected chi connectivity index (χ1v) is 8.82. The lowest BCUT2D eigenvalue weighted by Crippen LogP contribution is -2.27. The monoisotopic (exact) mass is 342 g/mol. The zero-order valence-corrected chi connectivity index (χ0v) is 14.6. The highest BCUT2D eigenvalue weighted by molar-refractivity contribution is 7.91. The van der Waals surface area contributed by atoms with Crippen LogP contribution >= 0.6 is 0 Å². The predicted molar refractivity (Wildman–Crippen MR) is 84.7 cm³/mol. The van der Waals surface area contributed by atoms with Gasteiger partial charge in [-0.3, -0.25) is 4.79 Å². The molecule has 1 rings (SSSR count). The lowest BCUT2D eigenvalue weighted by Gasteiger charge is -2.19. The smallest absolute Gasteiger partial charge is 0.344 e. The summed E-state index contributed by atoms with van der Waals surface area (Å²) in [6, 6.07) is 6.37. The molecule has 0 aliphatic carbocycles. The zero-order chi connectivity index (χ0) is 17.7. The van der Waals surface area contributed by atoms with Crippen LogP contribution in [0.15, 0.2) is 29.2 Å². The molecule has 0 atom stereocenters. The Morgan fingerprint density at radius 3 is 2.13 bits per heavy atom. The van der Waals surface area contributed by atoms with Crippen LogP contribution in [0.3, 0.4) is 0 Å². The van der Waals surface area contributed by atoms with Gasteiger partial charge in [0.05, 0.1) is 17.1 Å². The molecule has 0 amide bonds. The maximum absolute atomic E-state index is 12.1. The van der Waals surface area contributed by atoms with Crippen molar-refractivity contribution in [2.45, 2.75) is 44.6 Å². The van der Waals surface area contributed by atoms with E-state index in [2.05, 4.69) is 0 Å². The summed E-state index contributed by atoms with van der Waals surface area (Å²) in [6.07, 6.45) is -0.320. The van der Waals surface area contributed by atoms with Crippen molar-refractivity contribution in [3.05, 3.63) is 29.8 Å². The summed E-state index contributed by atoms with van der Waals surface area (Å²) in [5.74, 6) is -1.80. The Labute approximate surface area is 136 Å². The summed E-state index contributed by atoms with van der Waals surface area (Å²) in [4.78, 5) is 23.1. The summed E-state index contributed by atoms with van der Waals surface area (Å²) in [7, 11) is -3.56. The Morgan fingerprint density at radius 2 is 1.61 bits per heavy atom. The van der Waals surface area contributed by atoms with Gasteiger partial charge in [-0.1, -0.05) is 17.7 Å². The second kappa shape index (κ2) is 7.59. The number of aryl methyl sites for hydroxylation is 1. The maximum atomic E-state index is 12.1. The molecule has 1 aromatic rings. The fourth-order valence-corrected chi connectivity index (χ4v) is 2.89. The molecule has 23 heavy (non-hydrogen) atoms. The summed E-state index contributed by atoms with van der Waals surface area (Å²) in [5, 5.41) is 0. The molecule has 0 aromatic heterocycles. The fraction of sp³-hybridized carbons (Fsp3) is 0.500. The van der Waals surface area contributed by atoms with Gasteiger partial charge in [0.15, 0.2) is 16.4 Å². The summed E-state index contributed by atoms with van der Waals surface area (Å²) < 4.78 is 33.9. The van der Waals surface area contributed by atoms with Crippen molar-refractivity contribution >= 4 is 21.8 Å². The van der Waals surface area contributed by atoms with Gasteiger partial charge in [-0.15, -0.1) is 0 Å². The minimum atomic E-state index is -3.56. The van der Waals surface area contributed by atoms with Crippen LogP contribution in [0.1, 0.15) is 32.8 Å². The number of sulfone groups is 1. The van der Waals surface area contributed by atoms with E-state index in [9.17, 15) is 18.0 Å². The first-order valence-electron chi connectivity index (χ1n) is 7.16. The maximum Gasteiger partial charge on any atom is 0.344 e. The molecule has 0 bridgehead atoms. The van der Waals surface area contributed by atoms with Gasteiger partial charge in [-0.05, 0) is 39.8 Å². The van der Waals surface area contributed by atoms with Crippen molar-refractivity contribution in [1.82, 2.24) is 0 Å². The van der Waals surface area contributed by atoms with Crippen LogP contribution in [0.4, 0.5) is 0 Å². The van der Waals surface area contributed by atoms with Crippen molar-refractivity contribution in [3.63, 3.8) is 0 Å². The van der Waals surface area contributed by atoms with Crippen molar-refractivity contribution < 1.29 is 27.5 Å². The number of carbonyl (C=O) groups excluding carboxylic acids is 2. The van der Waals surface area contributed by atoms with E-state index in [4.69, 9.17) is 9.47 Å². The average molecular weight is 342 g/mol. The number of carbonyl (C=O) groups is 2. The number of ether oxygens (including phenoxy) is 2. The molecule has 0 unspecified atom stereocenters. The van der Waals surface area contributed by atoms with Gasteiger partial charge in [-0.25, -0.2) is 13.2 Å². The largest absolute Gasteiger partial charge is 0.457 e. The first kappa shape index (κ1) is 19.2. The van der Waals surface area contributed by atoms with E-state index < -0.39 is 34.0 Å². The van der Waals surface area contributed by atoms with E-state index in [0.29, 0.717) is 0 Å². The minimum Gasteiger partial charge on any atom is -0.457 e. The molecule has 6 nitrogen and oxygen atoms in total. The Morgan fingerprint density at radius 1 is 1.04 bits per heavy atom. The Balaban J connectivity index is 2.46. The molecule has 0 N–H and O–H groups in total. The molecule has 1 aromatic carbocycles. The van der Waals surface area contributed by atoms with E-state index in [0.717, 1.165) is 5.56 Å². The van der Waals surface area contributed by atoms with Gasteiger partial charge < -0.3 is 9.47 Å². The average Bonchev–Trinajstić information content (AvgIpc) is 2.41. The number of esters is 2. The van der Waals surface area contributed by atoms with Crippen LogP contribution in [-0.2, 0) is 28.9 Å². The third-order valence-corrected chi connectivity index (χ3v) is 4.46. The van der Waals surface area contributed by atoms with Crippen molar-refractivity contribution in [3.8, 4) is 0 Å². The third-order valence-electron chi connectivity index (χ3n) is 2.73. The lowest BCUT2D eigenvalue weighted by molar-refractivity contribution is -0.166. The van der Waals surface area contributed by atoms with E-state index in [-0.39, 0.29) is 17.1 Å². The Hall–Kier alpha value is -1.89. The number of hydrogen-bond acceptors (Lipinski definition) is 6. The second-order valence-corrected chi connectivity index (χ2v) is 8.24. The molecule has 0 aliphatic rings. The van der Waals surface area contributed by atoms with E-state index in [1.807, 2.05) is 6.92 Å². The third kappa shape index (κ3) is 7.27. The molecule has 0 saturated carbocycles. The Bertz CT molecular complexity index is 653. The van der Waals surface area contributed by atoms with E-state index in [1.54, 1.807) is 32.9 Å². The normalized spacial score (nSPS) is 11.8. The van der Waals surface area contributed by atoms with Gasteiger partial charge in [-0.2, -0.15) is 0 Å². The SMILES string of the molecule is Cc1ccc(S(=O)(=O)CCC(=O)OCC(=O)OC(C)(C)C)cc1. The highest BCUT2D eigenvalue weighted by atomic mass is 32.2. The predicted octanol–water partition coefficient (Wildman–Crippen LogP) is 2.04. The molecular weight excluding hydrogens is 320 g/mol. The van der Waals surface area contributed by atoms with Crippen molar-refractivity contribution in [2.24, 2.45) is 0 Å². The van der Waals surface area contributed by atoms with Gasteiger partial charge in [0.1, 0.15) is 5.60 Å². The molecule has 128 valence electrons. The Kier molecular flexibility index (Phi) is 6.32. The first-order chi connectivity index (χ1) is 10.5. The molecule has 7 heteroatoms.